The molecule has 0 radical (unpaired) electrons. The molecule has 0 amide bonds. The Labute approximate surface area is 217 Å². The van der Waals surface area contributed by atoms with Gasteiger partial charge in [-0.1, -0.05) is 105 Å². The van der Waals surface area contributed by atoms with Crippen LogP contribution in [0.25, 0.3) is 11.1 Å². The molecule has 4 aromatic rings. The Kier molecular flexibility index (Phi) is 7.01. The Hall–Kier alpha value is -3.32. The van der Waals surface area contributed by atoms with Crippen molar-refractivity contribution in [3.8, 4) is 11.1 Å². The maximum atomic E-state index is 2.51. The third-order valence-corrected chi connectivity index (χ3v) is 8.01. The maximum Gasteiger partial charge on any atom is 0.0465 e. The topological polar surface area (TPSA) is 3.24 Å². The number of rotatable bonds is 9. The van der Waals surface area contributed by atoms with Crippen LogP contribution in [0.5, 0.6) is 0 Å². The van der Waals surface area contributed by atoms with E-state index in [1.54, 1.807) is 0 Å². The monoisotopic (exact) mass is 473 g/mol. The molecular formula is C35H39N. The molecule has 0 saturated heterocycles. The number of hydrogen-bond donors (Lipinski definition) is 0. The lowest BCUT2D eigenvalue weighted by atomic mass is 9.71. The van der Waals surface area contributed by atoms with Gasteiger partial charge < -0.3 is 4.90 Å². The quantitative estimate of drug-likeness (QED) is 0.234. The van der Waals surface area contributed by atoms with Crippen LogP contribution in [0.1, 0.15) is 74.6 Å². The van der Waals surface area contributed by atoms with Gasteiger partial charge >= 0.3 is 0 Å². The first kappa shape index (κ1) is 24.4. The fraction of sp³-hybridized carbons (Fsp3) is 0.314. The zero-order valence-corrected chi connectivity index (χ0v) is 22.4. The van der Waals surface area contributed by atoms with E-state index in [2.05, 4.69) is 124 Å². The summed E-state index contributed by atoms with van der Waals surface area (Å²) in [5.74, 6) is 0. The van der Waals surface area contributed by atoms with Gasteiger partial charge in [-0.25, -0.2) is 0 Å². The van der Waals surface area contributed by atoms with Crippen LogP contribution in [-0.2, 0) is 5.41 Å². The van der Waals surface area contributed by atoms with Crippen LogP contribution in [0.4, 0.5) is 17.1 Å². The molecule has 0 bridgehead atoms. The van der Waals surface area contributed by atoms with E-state index in [1.807, 2.05) is 0 Å². The van der Waals surface area contributed by atoms with E-state index >= 15 is 0 Å². The number of nitrogens with zero attached hydrogens (tertiary/aromatic N) is 1. The predicted octanol–water partition coefficient (Wildman–Crippen LogP) is 10.4. The van der Waals surface area contributed by atoms with Crippen molar-refractivity contribution < 1.29 is 0 Å². The molecule has 1 nitrogen and oxygen atoms in total. The molecule has 0 atom stereocenters. The number of aryl methyl sites for hydroxylation is 2. The molecule has 0 N–H and O–H groups in total. The average molecular weight is 474 g/mol. The molecule has 184 valence electrons. The fourth-order valence-electron chi connectivity index (χ4n) is 6.04. The third kappa shape index (κ3) is 4.37. The van der Waals surface area contributed by atoms with Gasteiger partial charge in [-0.3, -0.25) is 0 Å². The first-order valence-electron chi connectivity index (χ1n) is 13.8. The Morgan fingerprint density at radius 1 is 0.556 bits per heavy atom. The largest absolute Gasteiger partial charge is 0.310 e. The van der Waals surface area contributed by atoms with Gasteiger partial charge in [0.05, 0.1) is 0 Å². The summed E-state index contributed by atoms with van der Waals surface area (Å²) in [5, 5.41) is 0. The first-order chi connectivity index (χ1) is 17.6. The van der Waals surface area contributed by atoms with E-state index in [9.17, 15) is 0 Å². The highest BCUT2D eigenvalue weighted by Gasteiger charge is 2.42. The molecule has 1 aliphatic rings. The second kappa shape index (κ2) is 10.3. The minimum atomic E-state index is 0.0974. The maximum absolute atomic E-state index is 2.51. The summed E-state index contributed by atoms with van der Waals surface area (Å²) in [6.45, 7) is 8.95. The number of unbranched alkanes of at least 4 members (excludes halogenated alkanes) is 2. The van der Waals surface area contributed by atoms with Gasteiger partial charge in [-0.15, -0.1) is 0 Å². The van der Waals surface area contributed by atoms with Gasteiger partial charge in [0.2, 0.25) is 0 Å². The Morgan fingerprint density at radius 2 is 1.06 bits per heavy atom. The standard InChI is InChI=1S/C35H39N/c1-5-7-23-35(24-8-6-2)33-12-10-9-11-31(33)32-22-21-30(25-34(32)35)36(28-17-13-26(3)14-18-28)29-19-15-27(4)16-20-29/h9-22,25H,5-8,23-24H2,1-4H3. The van der Waals surface area contributed by atoms with Gasteiger partial charge in [0.1, 0.15) is 0 Å². The van der Waals surface area contributed by atoms with E-state index in [-0.39, 0.29) is 5.41 Å². The number of anilines is 3. The van der Waals surface area contributed by atoms with Crippen LogP contribution < -0.4 is 4.90 Å². The molecular weight excluding hydrogens is 434 g/mol. The summed E-state index contributed by atoms with van der Waals surface area (Å²) in [6.07, 6.45) is 7.38. The first-order valence-corrected chi connectivity index (χ1v) is 13.8. The molecule has 0 unspecified atom stereocenters. The van der Waals surface area contributed by atoms with Gasteiger partial charge in [0.25, 0.3) is 0 Å². The SMILES string of the molecule is CCCCC1(CCCC)c2ccccc2-c2ccc(N(c3ccc(C)cc3)c3ccc(C)cc3)cc21. The van der Waals surface area contributed by atoms with Crippen molar-refractivity contribution >= 4 is 17.1 Å². The second-order valence-corrected chi connectivity index (χ2v) is 10.6. The molecule has 0 heterocycles. The Morgan fingerprint density at radius 3 is 1.61 bits per heavy atom. The fourth-order valence-corrected chi connectivity index (χ4v) is 6.04. The second-order valence-electron chi connectivity index (χ2n) is 10.6. The number of benzene rings is 4. The van der Waals surface area contributed by atoms with Crippen LogP contribution in [0.3, 0.4) is 0 Å². The number of hydrogen-bond acceptors (Lipinski definition) is 1. The normalized spacial score (nSPS) is 13.3. The van der Waals surface area contributed by atoms with Crippen LogP contribution >= 0.6 is 0 Å². The van der Waals surface area contributed by atoms with E-state index in [1.165, 1.54) is 89.0 Å². The van der Waals surface area contributed by atoms with Crippen molar-refractivity contribution in [2.75, 3.05) is 4.90 Å². The molecule has 4 aromatic carbocycles. The molecule has 0 fully saturated rings. The summed E-state index contributed by atoms with van der Waals surface area (Å²) in [4.78, 5) is 2.42. The molecule has 0 aliphatic heterocycles. The molecule has 1 aliphatic carbocycles. The molecule has 0 saturated carbocycles. The summed E-state index contributed by atoms with van der Waals surface area (Å²) in [5.41, 5.74) is 12.2. The van der Waals surface area contributed by atoms with Gasteiger partial charge in [0, 0.05) is 22.5 Å². The van der Waals surface area contributed by atoms with E-state index in [0.29, 0.717) is 0 Å². The smallest absolute Gasteiger partial charge is 0.0465 e. The van der Waals surface area contributed by atoms with Crippen molar-refractivity contribution in [3.05, 3.63) is 113 Å². The highest BCUT2D eigenvalue weighted by atomic mass is 15.1. The van der Waals surface area contributed by atoms with Crippen molar-refractivity contribution in [2.24, 2.45) is 0 Å². The summed E-state index contributed by atoms with van der Waals surface area (Å²) in [6, 6.07) is 34.3. The van der Waals surface area contributed by atoms with Crippen LogP contribution in [0, 0.1) is 13.8 Å². The third-order valence-electron chi connectivity index (χ3n) is 8.01. The van der Waals surface area contributed by atoms with Gasteiger partial charge in [-0.05, 0) is 85.3 Å². The zero-order chi connectivity index (χ0) is 25.1. The Balaban J connectivity index is 1.70. The van der Waals surface area contributed by atoms with Crippen molar-refractivity contribution in [2.45, 2.75) is 71.6 Å². The summed E-state index contributed by atoms with van der Waals surface area (Å²) < 4.78 is 0. The summed E-state index contributed by atoms with van der Waals surface area (Å²) in [7, 11) is 0. The van der Waals surface area contributed by atoms with Crippen molar-refractivity contribution in [1.29, 1.82) is 0 Å². The van der Waals surface area contributed by atoms with Crippen molar-refractivity contribution in [1.82, 2.24) is 0 Å². The molecule has 1 heteroatoms. The van der Waals surface area contributed by atoms with Gasteiger partial charge in [0.15, 0.2) is 0 Å². The van der Waals surface area contributed by atoms with Crippen LogP contribution in [-0.4, -0.2) is 0 Å². The zero-order valence-electron chi connectivity index (χ0n) is 22.4. The van der Waals surface area contributed by atoms with E-state index in [0.717, 1.165) is 0 Å². The highest BCUT2D eigenvalue weighted by molar-refractivity contribution is 5.85. The van der Waals surface area contributed by atoms with Crippen LogP contribution in [0.15, 0.2) is 91.0 Å². The predicted molar refractivity (Wildman–Crippen MR) is 156 cm³/mol. The minimum Gasteiger partial charge on any atom is -0.310 e. The lowest BCUT2D eigenvalue weighted by Gasteiger charge is -2.34. The van der Waals surface area contributed by atoms with E-state index in [4.69, 9.17) is 0 Å². The lowest BCUT2D eigenvalue weighted by Crippen LogP contribution is -2.25. The summed E-state index contributed by atoms with van der Waals surface area (Å²) >= 11 is 0. The average Bonchev–Trinajstić information content (AvgIpc) is 3.18. The highest BCUT2D eigenvalue weighted by Crippen LogP contribution is 2.55. The van der Waals surface area contributed by atoms with Crippen molar-refractivity contribution in [3.63, 3.8) is 0 Å². The van der Waals surface area contributed by atoms with Crippen LogP contribution in [0.2, 0.25) is 0 Å². The minimum absolute atomic E-state index is 0.0974. The molecule has 36 heavy (non-hydrogen) atoms. The van der Waals surface area contributed by atoms with E-state index < -0.39 is 0 Å². The van der Waals surface area contributed by atoms with Gasteiger partial charge in [-0.2, -0.15) is 0 Å². The molecule has 5 rings (SSSR count). The number of fused-ring (bicyclic) bond motifs is 3. The lowest BCUT2D eigenvalue weighted by molar-refractivity contribution is 0.414. The molecule has 0 aromatic heterocycles. The molecule has 0 spiro atoms. The Bertz CT molecular complexity index is 1260.